The van der Waals surface area contributed by atoms with E-state index in [-0.39, 0.29) is 23.6 Å². The summed E-state index contributed by atoms with van der Waals surface area (Å²) in [5, 5.41) is 13.4. The first kappa shape index (κ1) is 14.1. The van der Waals surface area contributed by atoms with E-state index in [2.05, 4.69) is 4.98 Å². The van der Waals surface area contributed by atoms with Crippen LogP contribution in [0.1, 0.15) is 28.0 Å². The molecule has 1 heterocycles. The number of benzene rings is 1. The number of aryl methyl sites for hydroxylation is 1. The summed E-state index contributed by atoms with van der Waals surface area (Å²) in [6.45, 7) is 3.46. The molecule has 0 unspecified atom stereocenters. The summed E-state index contributed by atoms with van der Waals surface area (Å²) >= 11 is 1.46. The van der Waals surface area contributed by atoms with E-state index in [0.29, 0.717) is 5.75 Å². The lowest BCUT2D eigenvalue weighted by Crippen LogP contribution is -2.02. The minimum absolute atomic E-state index is 0.132. The summed E-state index contributed by atoms with van der Waals surface area (Å²) < 4.78 is 5.54. The molecule has 0 saturated carbocycles. The minimum Gasteiger partial charge on any atom is -0.486 e. The molecule has 0 atom stereocenters. The van der Waals surface area contributed by atoms with Gasteiger partial charge >= 0.3 is 0 Å². The summed E-state index contributed by atoms with van der Waals surface area (Å²) in [4.78, 5) is 26.0. The van der Waals surface area contributed by atoms with Gasteiger partial charge in [-0.05, 0) is 19.9 Å². The van der Waals surface area contributed by atoms with Gasteiger partial charge in [0.1, 0.15) is 17.4 Å². The molecule has 0 fully saturated rings. The molecule has 0 saturated heterocycles. The van der Waals surface area contributed by atoms with Crippen LogP contribution in [0.2, 0.25) is 0 Å². The topological polar surface area (TPSA) is 82.3 Å². The smallest absolute Gasteiger partial charge is 0.270 e. The lowest BCUT2D eigenvalue weighted by Gasteiger charge is -2.08. The van der Waals surface area contributed by atoms with Crippen LogP contribution in [0, 0.1) is 17.0 Å². The average molecular weight is 292 g/mol. The molecule has 104 valence electrons. The third kappa shape index (κ3) is 3.18. The van der Waals surface area contributed by atoms with Gasteiger partial charge in [-0.1, -0.05) is 0 Å². The van der Waals surface area contributed by atoms with Crippen molar-refractivity contribution in [3.8, 4) is 5.75 Å². The molecule has 0 aliphatic carbocycles. The highest BCUT2D eigenvalue weighted by Crippen LogP contribution is 2.25. The fourth-order valence-electron chi connectivity index (χ4n) is 1.64. The fraction of sp³-hybridized carbons (Fsp3) is 0.231. The van der Waals surface area contributed by atoms with E-state index < -0.39 is 4.92 Å². The Morgan fingerprint density at radius 3 is 2.80 bits per heavy atom. The number of ether oxygens (including phenoxy) is 1. The van der Waals surface area contributed by atoms with E-state index in [1.165, 1.54) is 36.5 Å². The van der Waals surface area contributed by atoms with Crippen LogP contribution in [0.5, 0.6) is 5.75 Å². The molecule has 0 radical (unpaired) electrons. The number of hydrogen-bond acceptors (Lipinski definition) is 6. The van der Waals surface area contributed by atoms with E-state index in [9.17, 15) is 14.9 Å². The molecule has 0 spiro atoms. The fourth-order valence-corrected chi connectivity index (χ4v) is 2.32. The Labute approximate surface area is 119 Å². The Morgan fingerprint density at radius 2 is 2.25 bits per heavy atom. The first-order valence-electron chi connectivity index (χ1n) is 5.80. The number of rotatable bonds is 5. The highest BCUT2D eigenvalue weighted by atomic mass is 32.1. The van der Waals surface area contributed by atoms with Crippen molar-refractivity contribution in [3.05, 3.63) is 50.0 Å². The van der Waals surface area contributed by atoms with Crippen LogP contribution in [0.15, 0.2) is 23.6 Å². The van der Waals surface area contributed by atoms with Gasteiger partial charge in [-0.25, -0.2) is 4.98 Å². The third-order valence-corrected chi connectivity index (χ3v) is 3.51. The van der Waals surface area contributed by atoms with Gasteiger partial charge in [0, 0.05) is 23.2 Å². The van der Waals surface area contributed by atoms with Gasteiger partial charge < -0.3 is 4.74 Å². The quantitative estimate of drug-likeness (QED) is 0.480. The number of Topliss-reactive ketones (excluding diaryl/α,β-unsaturated/α-hetero) is 1. The zero-order valence-corrected chi connectivity index (χ0v) is 11.8. The number of nitro groups is 1. The lowest BCUT2D eigenvalue weighted by molar-refractivity contribution is -0.384. The predicted octanol–water partition coefficient (Wildman–Crippen LogP) is 3.14. The van der Waals surface area contributed by atoms with Crippen LogP contribution in [0.4, 0.5) is 5.69 Å². The van der Waals surface area contributed by atoms with E-state index in [1.54, 1.807) is 0 Å². The molecule has 20 heavy (non-hydrogen) atoms. The van der Waals surface area contributed by atoms with Gasteiger partial charge in [-0.3, -0.25) is 14.9 Å². The molecular formula is C13H12N2O4S. The maximum absolute atomic E-state index is 11.5. The molecule has 1 aromatic heterocycles. The monoisotopic (exact) mass is 292 g/mol. The van der Waals surface area contributed by atoms with Crippen LogP contribution in [0.3, 0.4) is 0 Å². The zero-order chi connectivity index (χ0) is 14.7. The largest absolute Gasteiger partial charge is 0.486 e. The van der Waals surface area contributed by atoms with Crippen LogP contribution in [0.25, 0.3) is 0 Å². The van der Waals surface area contributed by atoms with Gasteiger partial charge in [-0.2, -0.15) is 0 Å². The summed E-state index contributed by atoms with van der Waals surface area (Å²) in [5.41, 5.74) is 0.976. The molecule has 1 aromatic carbocycles. The van der Waals surface area contributed by atoms with Crippen molar-refractivity contribution in [3.63, 3.8) is 0 Å². The molecule has 0 aliphatic rings. The molecule has 0 aliphatic heterocycles. The van der Waals surface area contributed by atoms with Crippen LogP contribution in [-0.4, -0.2) is 15.7 Å². The van der Waals surface area contributed by atoms with Crippen molar-refractivity contribution < 1.29 is 14.5 Å². The van der Waals surface area contributed by atoms with E-state index >= 15 is 0 Å². The van der Waals surface area contributed by atoms with Crippen molar-refractivity contribution in [2.24, 2.45) is 0 Å². The van der Waals surface area contributed by atoms with Crippen molar-refractivity contribution in [1.29, 1.82) is 0 Å². The second kappa shape index (κ2) is 5.79. The van der Waals surface area contributed by atoms with Crippen LogP contribution < -0.4 is 4.74 Å². The summed E-state index contributed by atoms with van der Waals surface area (Å²) in [5.74, 6) is 0.0509. The second-order valence-electron chi connectivity index (χ2n) is 4.17. The molecule has 0 N–H and O–H groups in total. The number of nitrogens with zero attached hydrogens (tertiary/aromatic N) is 2. The molecule has 2 rings (SSSR count). The summed E-state index contributed by atoms with van der Waals surface area (Å²) in [6.07, 6.45) is 0. The number of carbonyl (C=O) groups is 1. The van der Waals surface area contributed by atoms with E-state index in [0.717, 1.165) is 10.7 Å². The second-order valence-corrected chi connectivity index (χ2v) is 5.11. The highest BCUT2D eigenvalue weighted by molar-refractivity contribution is 7.09. The normalized spacial score (nSPS) is 10.3. The first-order valence-corrected chi connectivity index (χ1v) is 6.68. The van der Waals surface area contributed by atoms with Crippen LogP contribution in [-0.2, 0) is 6.61 Å². The standard InChI is InChI=1S/C13H12N2O4S/c1-8-7-20-13(14-8)6-19-12-4-3-10(15(17)18)5-11(12)9(2)16/h3-5,7H,6H2,1-2H3. The number of hydrogen-bond donors (Lipinski definition) is 0. The maximum Gasteiger partial charge on any atom is 0.270 e. The van der Waals surface area contributed by atoms with Crippen molar-refractivity contribution in [2.45, 2.75) is 20.5 Å². The zero-order valence-electron chi connectivity index (χ0n) is 11.0. The number of carbonyl (C=O) groups excluding carboxylic acids is 1. The predicted molar refractivity (Wildman–Crippen MR) is 74.3 cm³/mol. The number of aromatic nitrogens is 1. The third-order valence-electron chi connectivity index (χ3n) is 2.57. The van der Waals surface area contributed by atoms with E-state index in [4.69, 9.17) is 4.74 Å². The Balaban J connectivity index is 2.22. The summed E-state index contributed by atoms with van der Waals surface area (Å²) in [6, 6.07) is 3.98. The maximum atomic E-state index is 11.5. The molecule has 6 nitrogen and oxygen atoms in total. The van der Waals surface area contributed by atoms with Crippen molar-refractivity contribution in [2.75, 3.05) is 0 Å². The van der Waals surface area contributed by atoms with E-state index in [1.807, 2.05) is 12.3 Å². The highest BCUT2D eigenvalue weighted by Gasteiger charge is 2.15. The van der Waals surface area contributed by atoms with Crippen LogP contribution >= 0.6 is 11.3 Å². The van der Waals surface area contributed by atoms with Gasteiger partial charge in [0.2, 0.25) is 0 Å². The average Bonchev–Trinajstić information content (AvgIpc) is 2.81. The Morgan fingerprint density at radius 1 is 1.50 bits per heavy atom. The van der Waals surface area contributed by atoms with Crippen molar-refractivity contribution >= 4 is 22.8 Å². The Bertz CT molecular complexity index is 666. The molecule has 0 bridgehead atoms. The number of thiazole rings is 1. The van der Waals surface area contributed by atoms with Gasteiger partial charge in [0.15, 0.2) is 5.78 Å². The number of non-ortho nitro benzene ring substituents is 1. The number of nitro benzene ring substituents is 1. The molecule has 0 amide bonds. The van der Waals surface area contributed by atoms with Gasteiger partial charge in [0.05, 0.1) is 10.5 Å². The molecular weight excluding hydrogens is 280 g/mol. The van der Waals surface area contributed by atoms with Crippen molar-refractivity contribution in [1.82, 2.24) is 4.98 Å². The SMILES string of the molecule is CC(=O)c1cc([N+](=O)[O-])ccc1OCc1nc(C)cs1. The minimum atomic E-state index is -0.541. The Kier molecular flexibility index (Phi) is 4.09. The van der Waals surface area contributed by atoms with Gasteiger partial charge in [-0.15, -0.1) is 11.3 Å². The first-order chi connectivity index (χ1) is 9.47. The lowest BCUT2D eigenvalue weighted by atomic mass is 10.1. The Hall–Kier alpha value is -2.28. The molecule has 7 heteroatoms. The summed E-state index contributed by atoms with van der Waals surface area (Å²) in [7, 11) is 0. The number of ketones is 1. The molecule has 2 aromatic rings. The van der Waals surface area contributed by atoms with Gasteiger partial charge in [0.25, 0.3) is 5.69 Å².